The minimum Gasteiger partial charge on any atom is -0.496 e. The van der Waals surface area contributed by atoms with Crippen molar-refractivity contribution in [1.82, 2.24) is 10.6 Å². The van der Waals surface area contributed by atoms with Crippen LogP contribution in [-0.4, -0.2) is 19.7 Å². The summed E-state index contributed by atoms with van der Waals surface area (Å²) in [5.74, 6) is 0.956. The smallest absolute Gasteiger partial charge is 0.123 e. The molecule has 0 aromatic heterocycles. The Balaban J connectivity index is 1.73. The predicted octanol–water partition coefficient (Wildman–Crippen LogP) is 3.67. The van der Waals surface area contributed by atoms with E-state index in [-0.39, 0.29) is 0 Å². The molecular weight excluding hydrogens is 284 g/mol. The van der Waals surface area contributed by atoms with Crippen LogP contribution in [0.2, 0.25) is 0 Å². The third-order valence-electron chi connectivity index (χ3n) is 4.61. The Labute approximate surface area is 139 Å². The average Bonchev–Trinajstić information content (AvgIpc) is 2.86. The van der Waals surface area contributed by atoms with Gasteiger partial charge >= 0.3 is 0 Å². The van der Waals surface area contributed by atoms with Crippen LogP contribution in [0, 0.1) is 0 Å². The fourth-order valence-corrected chi connectivity index (χ4v) is 3.38. The zero-order valence-corrected chi connectivity index (χ0v) is 13.8. The van der Waals surface area contributed by atoms with Gasteiger partial charge in [0.15, 0.2) is 0 Å². The zero-order valence-electron chi connectivity index (χ0n) is 13.8. The molecule has 2 atom stereocenters. The van der Waals surface area contributed by atoms with Crippen molar-refractivity contribution in [2.24, 2.45) is 0 Å². The van der Waals surface area contributed by atoms with Gasteiger partial charge in [0, 0.05) is 24.2 Å². The second-order valence-corrected chi connectivity index (χ2v) is 6.14. The maximum atomic E-state index is 5.47. The number of hydrogen-bond donors (Lipinski definition) is 2. The van der Waals surface area contributed by atoms with Gasteiger partial charge in [-0.1, -0.05) is 55.0 Å². The van der Waals surface area contributed by atoms with Crippen LogP contribution in [0.15, 0.2) is 54.6 Å². The van der Waals surface area contributed by atoms with Gasteiger partial charge in [-0.25, -0.2) is 0 Å². The van der Waals surface area contributed by atoms with Gasteiger partial charge in [0.2, 0.25) is 0 Å². The molecule has 122 valence electrons. The molecule has 0 amide bonds. The fourth-order valence-electron chi connectivity index (χ4n) is 3.38. The van der Waals surface area contributed by atoms with Crippen LogP contribution in [0.1, 0.15) is 36.4 Å². The molecule has 3 rings (SSSR count). The van der Waals surface area contributed by atoms with E-state index in [0.717, 1.165) is 18.8 Å². The highest BCUT2D eigenvalue weighted by Crippen LogP contribution is 2.24. The fraction of sp³-hybridized carbons (Fsp3) is 0.400. The van der Waals surface area contributed by atoms with E-state index >= 15 is 0 Å². The van der Waals surface area contributed by atoms with Gasteiger partial charge in [0.05, 0.1) is 7.11 Å². The molecule has 0 saturated carbocycles. The Bertz CT molecular complexity index is 600. The zero-order chi connectivity index (χ0) is 15.9. The van der Waals surface area contributed by atoms with Gasteiger partial charge in [0.1, 0.15) is 5.75 Å². The molecule has 1 heterocycles. The molecule has 2 aromatic rings. The summed E-state index contributed by atoms with van der Waals surface area (Å²) in [6, 6.07) is 19.8. The number of rotatable bonds is 5. The summed E-state index contributed by atoms with van der Waals surface area (Å²) >= 11 is 0. The lowest BCUT2D eigenvalue weighted by Crippen LogP contribution is -2.40. The maximum Gasteiger partial charge on any atom is 0.123 e. The first kappa shape index (κ1) is 16.0. The van der Waals surface area contributed by atoms with E-state index in [9.17, 15) is 0 Å². The molecule has 1 fully saturated rings. The molecule has 23 heavy (non-hydrogen) atoms. The molecule has 0 radical (unpaired) electrons. The Morgan fingerprint density at radius 2 is 1.83 bits per heavy atom. The summed E-state index contributed by atoms with van der Waals surface area (Å²) in [5.41, 5.74) is 2.58. The minimum absolute atomic E-state index is 0.369. The second-order valence-electron chi connectivity index (χ2n) is 6.14. The first-order valence-electron chi connectivity index (χ1n) is 8.52. The highest BCUT2D eigenvalue weighted by atomic mass is 16.5. The number of methoxy groups -OCH3 is 1. The number of para-hydroxylation sites is 1. The minimum atomic E-state index is 0.369. The standard InChI is InChI=1S/C20H26N2O/c1-23-19-13-6-5-11-17(19)15-22-18-12-7-8-14-21-20(18)16-9-3-2-4-10-16/h2-6,9-11,13,18,20-22H,7-8,12,14-15H2,1H3. The van der Waals surface area contributed by atoms with Crippen molar-refractivity contribution in [2.45, 2.75) is 37.9 Å². The van der Waals surface area contributed by atoms with Crippen LogP contribution in [0.25, 0.3) is 0 Å². The van der Waals surface area contributed by atoms with E-state index in [1.54, 1.807) is 7.11 Å². The first-order chi connectivity index (χ1) is 11.4. The summed E-state index contributed by atoms with van der Waals surface area (Å²) in [7, 11) is 1.73. The maximum absolute atomic E-state index is 5.47. The third-order valence-corrected chi connectivity index (χ3v) is 4.61. The van der Waals surface area contributed by atoms with Gasteiger partial charge in [-0.2, -0.15) is 0 Å². The topological polar surface area (TPSA) is 33.3 Å². The second kappa shape index (κ2) is 8.14. The van der Waals surface area contributed by atoms with Gasteiger partial charge in [-0.15, -0.1) is 0 Å². The Morgan fingerprint density at radius 3 is 2.65 bits per heavy atom. The Morgan fingerprint density at radius 1 is 1.04 bits per heavy atom. The quantitative estimate of drug-likeness (QED) is 0.884. The summed E-state index contributed by atoms with van der Waals surface area (Å²) in [4.78, 5) is 0. The van der Waals surface area contributed by atoms with Crippen LogP contribution in [0.3, 0.4) is 0 Å². The third kappa shape index (κ3) is 4.12. The molecule has 2 unspecified atom stereocenters. The van der Waals surface area contributed by atoms with Gasteiger partial charge in [-0.05, 0) is 31.0 Å². The van der Waals surface area contributed by atoms with Crippen molar-refractivity contribution in [3.63, 3.8) is 0 Å². The summed E-state index contributed by atoms with van der Waals surface area (Å²) in [6.07, 6.45) is 3.71. The Hall–Kier alpha value is -1.84. The van der Waals surface area contributed by atoms with E-state index in [0.29, 0.717) is 12.1 Å². The van der Waals surface area contributed by atoms with Crippen molar-refractivity contribution >= 4 is 0 Å². The lowest BCUT2D eigenvalue weighted by molar-refractivity contribution is 0.373. The highest BCUT2D eigenvalue weighted by molar-refractivity contribution is 5.33. The van der Waals surface area contributed by atoms with E-state index in [1.165, 1.54) is 30.4 Å². The average molecular weight is 310 g/mol. The Kier molecular flexibility index (Phi) is 5.67. The van der Waals surface area contributed by atoms with Crippen LogP contribution < -0.4 is 15.4 Å². The van der Waals surface area contributed by atoms with Crippen molar-refractivity contribution in [2.75, 3.05) is 13.7 Å². The summed E-state index contributed by atoms with van der Waals surface area (Å²) in [6.45, 7) is 1.92. The normalized spacial score (nSPS) is 21.6. The molecule has 3 nitrogen and oxygen atoms in total. The predicted molar refractivity (Wildman–Crippen MR) is 94.7 cm³/mol. The molecule has 1 aliphatic heterocycles. The van der Waals surface area contributed by atoms with Crippen LogP contribution in [0.5, 0.6) is 5.75 Å². The van der Waals surface area contributed by atoms with Crippen LogP contribution in [-0.2, 0) is 6.54 Å². The molecule has 2 N–H and O–H groups in total. The van der Waals surface area contributed by atoms with Crippen LogP contribution >= 0.6 is 0 Å². The molecule has 2 aromatic carbocycles. The van der Waals surface area contributed by atoms with Crippen molar-refractivity contribution in [3.8, 4) is 5.75 Å². The van der Waals surface area contributed by atoms with Gasteiger partial charge in [0.25, 0.3) is 0 Å². The molecular formula is C20H26N2O. The summed E-state index contributed by atoms with van der Waals surface area (Å²) in [5, 5.41) is 7.48. The van der Waals surface area contributed by atoms with Gasteiger partial charge in [-0.3, -0.25) is 0 Å². The largest absolute Gasteiger partial charge is 0.496 e. The van der Waals surface area contributed by atoms with E-state index in [1.807, 2.05) is 12.1 Å². The number of hydrogen-bond acceptors (Lipinski definition) is 3. The van der Waals surface area contributed by atoms with Gasteiger partial charge < -0.3 is 15.4 Å². The van der Waals surface area contributed by atoms with Crippen molar-refractivity contribution in [1.29, 1.82) is 0 Å². The number of benzene rings is 2. The molecule has 0 aliphatic carbocycles. The first-order valence-corrected chi connectivity index (χ1v) is 8.52. The molecule has 1 saturated heterocycles. The van der Waals surface area contributed by atoms with E-state index in [2.05, 4.69) is 53.1 Å². The number of nitrogens with one attached hydrogen (secondary N) is 2. The molecule has 0 bridgehead atoms. The highest BCUT2D eigenvalue weighted by Gasteiger charge is 2.24. The lowest BCUT2D eigenvalue weighted by atomic mass is 9.96. The molecule has 3 heteroatoms. The van der Waals surface area contributed by atoms with Crippen molar-refractivity contribution in [3.05, 3.63) is 65.7 Å². The van der Waals surface area contributed by atoms with Crippen molar-refractivity contribution < 1.29 is 4.74 Å². The number of ether oxygens (including phenoxy) is 1. The monoisotopic (exact) mass is 310 g/mol. The summed E-state index contributed by atoms with van der Waals surface area (Å²) < 4.78 is 5.47. The molecule has 1 aliphatic rings. The van der Waals surface area contributed by atoms with Crippen LogP contribution in [0.4, 0.5) is 0 Å². The SMILES string of the molecule is COc1ccccc1CNC1CCCCNC1c1ccccc1. The lowest BCUT2D eigenvalue weighted by Gasteiger charge is -2.27. The molecule has 0 spiro atoms. The van der Waals surface area contributed by atoms with E-state index in [4.69, 9.17) is 4.74 Å². The van der Waals surface area contributed by atoms with E-state index < -0.39 is 0 Å².